The molecule has 2 amide bonds. The number of methoxy groups -OCH3 is 1. The van der Waals surface area contributed by atoms with E-state index in [9.17, 15) is 14.4 Å². The highest BCUT2D eigenvalue weighted by atomic mass is 16.5. The average Bonchev–Trinajstić information content (AvgIpc) is 3.80. The zero-order valence-electron chi connectivity index (χ0n) is 30.4. The van der Waals surface area contributed by atoms with Crippen molar-refractivity contribution in [2.75, 3.05) is 46.5 Å². The van der Waals surface area contributed by atoms with Crippen LogP contribution in [-0.4, -0.2) is 94.0 Å². The molecule has 0 aliphatic carbocycles. The molecular formula is C40H46N6O5. The number of nitrogens with zero attached hydrogens (tertiary/aromatic N) is 4. The maximum absolute atomic E-state index is 14.8. The van der Waals surface area contributed by atoms with E-state index in [-0.39, 0.29) is 42.6 Å². The summed E-state index contributed by atoms with van der Waals surface area (Å²) in [5, 5.41) is 0. The molecule has 5 aliphatic heterocycles. The van der Waals surface area contributed by atoms with Crippen LogP contribution in [-0.2, 0) is 14.3 Å². The monoisotopic (exact) mass is 690 g/mol. The van der Waals surface area contributed by atoms with Gasteiger partial charge >= 0.3 is 5.97 Å². The van der Waals surface area contributed by atoms with E-state index in [0.29, 0.717) is 48.5 Å². The number of carbonyl (C=O) groups is 3. The minimum Gasteiger partial charge on any atom is -0.469 e. The quantitative estimate of drug-likeness (QED) is 0.235. The van der Waals surface area contributed by atoms with Crippen molar-refractivity contribution < 1.29 is 23.9 Å². The van der Waals surface area contributed by atoms with Gasteiger partial charge in [0.1, 0.15) is 0 Å². The Morgan fingerprint density at radius 3 is 2.39 bits per heavy atom. The van der Waals surface area contributed by atoms with Crippen LogP contribution in [0.3, 0.4) is 0 Å². The normalized spacial score (nSPS) is 19.9. The molecule has 0 aromatic carbocycles. The molecule has 0 saturated carbocycles. The summed E-state index contributed by atoms with van der Waals surface area (Å²) in [5.74, 6) is -1.34. The molecule has 1 fully saturated rings. The second-order valence-electron chi connectivity index (χ2n) is 13.9. The first-order valence-electron chi connectivity index (χ1n) is 17.9. The average molecular weight is 691 g/mol. The van der Waals surface area contributed by atoms with Crippen molar-refractivity contribution in [1.82, 2.24) is 29.7 Å². The highest BCUT2D eigenvalue weighted by Crippen LogP contribution is 2.44. The lowest BCUT2D eigenvalue weighted by molar-refractivity contribution is -0.140. The predicted molar refractivity (Wildman–Crippen MR) is 198 cm³/mol. The topological polar surface area (TPSA) is 134 Å². The summed E-state index contributed by atoms with van der Waals surface area (Å²) >= 11 is 0. The summed E-state index contributed by atoms with van der Waals surface area (Å²) in [6.07, 6.45) is 3.23. The second-order valence-corrected chi connectivity index (χ2v) is 13.9. The van der Waals surface area contributed by atoms with Crippen molar-refractivity contribution in [3.05, 3.63) is 81.7 Å². The van der Waals surface area contributed by atoms with Gasteiger partial charge in [0, 0.05) is 66.9 Å². The molecule has 11 nitrogen and oxygen atoms in total. The van der Waals surface area contributed by atoms with Gasteiger partial charge in [0.05, 0.1) is 59.7 Å². The third-order valence-electron chi connectivity index (χ3n) is 11.2. The molecule has 1 saturated heterocycles. The maximum Gasteiger partial charge on any atom is 0.305 e. The number of ether oxygens (including phenoxy) is 2. The summed E-state index contributed by atoms with van der Waals surface area (Å²) in [7, 11) is 1.39. The fourth-order valence-corrected chi connectivity index (χ4v) is 8.07. The number of allylic oxidation sites excluding steroid dienone is 5. The summed E-state index contributed by atoms with van der Waals surface area (Å²) < 4.78 is 10.6. The zero-order chi connectivity index (χ0) is 36.1. The van der Waals surface area contributed by atoms with E-state index in [1.807, 2.05) is 38.1 Å². The smallest absolute Gasteiger partial charge is 0.305 e. The maximum atomic E-state index is 14.8. The number of nitrogens with one attached hydrogen (secondary N) is 2. The van der Waals surface area contributed by atoms with Gasteiger partial charge in [0.15, 0.2) is 0 Å². The van der Waals surface area contributed by atoms with E-state index in [1.54, 1.807) is 0 Å². The highest BCUT2D eigenvalue weighted by molar-refractivity contribution is 6.23. The highest BCUT2D eigenvalue weighted by Gasteiger charge is 2.40. The summed E-state index contributed by atoms with van der Waals surface area (Å²) in [6, 6.07) is 6.06. The zero-order valence-corrected chi connectivity index (χ0v) is 30.4. The van der Waals surface area contributed by atoms with Gasteiger partial charge in [-0.3, -0.25) is 24.2 Å². The molecule has 5 aliphatic rings. The van der Waals surface area contributed by atoms with E-state index in [2.05, 4.69) is 42.2 Å². The molecule has 0 radical (unpaired) electrons. The number of morpholine rings is 1. The van der Waals surface area contributed by atoms with Gasteiger partial charge in [0.2, 0.25) is 0 Å². The fraction of sp³-hybridized carbons (Fsp3) is 0.425. The minimum absolute atomic E-state index is 0.102. The number of aromatic amines is 2. The SMILES string of the molecule is C=CC1=C(C)c2cc3[nH]c(c4c5[nH]c(cc6nc(cc1n2)C(C)=C6CC)c(C)c5C(=O)N(CCN1CCOCC1)C4=O)[C@@H](CCC(=O)OC)[C@@H]3C. The number of aryl methyl sites for hydroxylation is 1. The van der Waals surface area contributed by atoms with E-state index in [1.165, 1.54) is 12.0 Å². The van der Waals surface area contributed by atoms with Crippen LogP contribution in [0.15, 0.2) is 30.9 Å². The molecule has 11 heteroatoms. The van der Waals surface area contributed by atoms with Gasteiger partial charge in [-0.05, 0) is 74.1 Å². The molecule has 2 atom stereocenters. The Labute approximate surface area is 298 Å². The predicted octanol–water partition coefficient (Wildman–Crippen LogP) is 6.57. The first kappa shape index (κ1) is 34.6. The van der Waals surface area contributed by atoms with Gasteiger partial charge in [-0.1, -0.05) is 26.5 Å². The van der Waals surface area contributed by atoms with Crippen molar-refractivity contribution in [2.24, 2.45) is 0 Å². The summed E-state index contributed by atoms with van der Waals surface area (Å²) in [4.78, 5) is 62.6. The third-order valence-corrected chi connectivity index (χ3v) is 11.2. The Hall–Kier alpha value is -4.87. The van der Waals surface area contributed by atoms with Gasteiger partial charge in [-0.2, -0.15) is 0 Å². The molecule has 7 rings (SSSR count). The van der Waals surface area contributed by atoms with Crippen LogP contribution in [0.5, 0.6) is 0 Å². The molecule has 51 heavy (non-hydrogen) atoms. The number of H-pyrrole nitrogens is 2. The van der Waals surface area contributed by atoms with Crippen LogP contribution in [0.2, 0.25) is 0 Å². The molecule has 2 aromatic heterocycles. The first-order valence-corrected chi connectivity index (χ1v) is 17.9. The van der Waals surface area contributed by atoms with Crippen LogP contribution in [0.1, 0.15) is 119 Å². The van der Waals surface area contributed by atoms with Gasteiger partial charge in [-0.15, -0.1) is 0 Å². The van der Waals surface area contributed by atoms with Crippen LogP contribution < -0.4 is 0 Å². The number of aromatic nitrogens is 4. The summed E-state index contributed by atoms with van der Waals surface area (Å²) in [5.41, 5.74) is 11.8. The van der Waals surface area contributed by atoms with Crippen LogP contribution in [0.4, 0.5) is 0 Å². The van der Waals surface area contributed by atoms with Gasteiger partial charge in [0.25, 0.3) is 11.8 Å². The largest absolute Gasteiger partial charge is 0.469 e. The van der Waals surface area contributed by atoms with Crippen molar-refractivity contribution in [2.45, 2.75) is 65.7 Å². The number of rotatable bonds is 8. The third kappa shape index (κ3) is 5.92. The van der Waals surface area contributed by atoms with Crippen molar-refractivity contribution >= 4 is 51.1 Å². The van der Waals surface area contributed by atoms with E-state index in [4.69, 9.17) is 19.4 Å². The lowest BCUT2D eigenvalue weighted by atomic mass is 9.84. The Kier molecular flexibility index (Phi) is 9.28. The molecule has 2 N–H and O–H groups in total. The minimum atomic E-state index is -0.360. The van der Waals surface area contributed by atoms with Crippen molar-refractivity contribution in [3.8, 4) is 0 Å². The summed E-state index contributed by atoms with van der Waals surface area (Å²) in [6.45, 7) is 17.9. The molecule has 0 unspecified atom stereocenters. The number of hydrogen-bond acceptors (Lipinski definition) is 8. The second kappa shape index (κ2) is 13.7. The Morgan fingerprint density at radius 1 is 0.980 bits per heavy atom. The van der Waals surface area contributed by atoms with Crippen LogP contribution >= 0.6 is 0 Å². The molecule has 2 aromatic rings. The van der Waals surface area contributed by atoms with Crippen LogP contribution in [0, 0.1) is 6.92 Å². The van der Waals surface area contributed by atoms with E-state index < -0.39 is 0 Å². The number of esters is 1. The van der Waals surface area contributed by atoms with E-state index >= 15 is 0 Å². The fourth-order valence-electron chi connectivity index (χ4n) is 8.07. The molecule has 0 spiro atoms. The number of hydrogen-bond donors (Lipinski definition) is 2. The molecular weight excluding hydrogens is 644 g/mol. The van der Waals surface area contributed by atoms with Gasteiger partial charge < -0.3 is 19.4 Å². The number of fused-ring (bicyclic) bond motifs is 8. The Bertz CT molecular complexity index is 2110. The lowest BCUT2D eigenvalue weighted by Crippen LogP contribution is -2.47. The standard InChI is InChI=1S/C40H46N6O5/c1-8-25-21(3)28-18-30-23(5)27(10-11-34(47)50-7)37(43-30)36-38-35(39(48)46(40(36)49)13-12-45-14-16-51-17-15-45)24(6)31(44-38)20-33-26(9-2)22(4)29(42-33)19-32(25)41-28/h8,18-20,23,27,43-44H,1,9-17H2,2-7H3/t23-,27-/m0/s1. The lowest BCUT2D eigenvalue weighted by Gasteiger charge is -2.31. The van der Waals surface area contributed by atoms with Gasteiger partial charge in [-0.25, -0.2) is 9.97 Å². The Balaban J connectivity index is 1.54. The van der Waals surface area contributed by atoms with Crippen molar-refractivity contribution in [1.29, 1.82) is 0 Å². The Morgan fingerprint density at radius 2 is 1.69 bits per heavy atom. The number of imide groups is 1. The number of carbonyl (C=O) groups excluding carboxylic acids is 3. The van der Waals surface area contributed by atoms with Crippen LogP contribution in [0.25, 0.3) is 33.3 Å². The van der Waals surface area contributed by atoms with Crippen molar-refractivity contribution in [3.63, 3.8) is 0 Å². The first-order chi connectivity index (χ1) is 24.6. The number of amides is 2. The molecule has 7 heterocycles. The molecule has 8 bridgehead atoms. The molecule has 266 valence electrons. The van der Waals surface area contributed by atoms with E-state index in [0.717, 1.165) is 81.4 Å².